The number of carbonyl (C=O) groups excluding carboxylic acids is 1. The van der Waals surface area contributed by atoms with Crippen molar-refractivity contribution in [3.05, 3.63) is 102 Å². The molecule has 0 aliphatic carbocycles. The van der Waals surface area contributed by atoms with Crippen LogP contribution in [0.1, 0.15) is 28.2 Å². The van der Waals surface area contributed by atoms with Gasteiger partial charge >= 0.3 is 0 Å². The highest BCUT2D eigenvalue weighted by Crippen LogP contribution is 2.30. The first kappa shape index (κ1) is 28.9. The van der Waals surface area contributed by atoms with Crippen LogP contribution in [0.2, 0.25) is 0 Å². The van der Waals surface area contributed by atoms with Gasteiger partial charge in [-0.05, 0) is 63.5 Å². The number of aryl methyl sites for hydroxylation is 1. The molecule has 13 heteroatoms. The quantitative estimate of drug-likeness (QED) is 0.219. The highest BCUT2D eigenvalue weighted by Gasteiger charge is 2.26. The summed E-state index contributed by atoms with van der Waals surface area (Å²) in [6.07, 6.45) is 7.72. The predicted molar refractivity (Wildman–Crippen MR) is 151 cm³/mol. The molecule has 9 nitrogen and oxygen atoms in total. The number of anilines is 1. The molecule has 5 rings (SSSR count). The number of aromatic nitrogens is 4. The summed E-state index contributed by atoms with van der Waals surface area (Å²) < 4.78 is 71.3. The van der Waals surface area contributed by atoms with Gasteiger partial charge in [0.2, 0.25) is 5.78 Å². The fraction of sp³-hybridized carbons (Fsp3) is 0.172. The van der Waals surface area contributed by atoms with E-state index >= 15 is 4.39 Å². The van der Waals surface area contributed by atoms with E-state index in [2.05, 4.69) is 24.8 Å². The molecule has 3 aromatic heterocycles. The van der Waals surface area contributed by atoms with Gasteiger partial charge in [-0.15, -0.1) is 0 Å². The second-order valence-corrected chi connectivity index (χ2v) is 11.5. The number of carbonyl (C=O) groups is 1. The van der Waals surface area contributed by atoms with E-state index in [1.54, 1.807) is 24.7 Å². The lowest BCUT2D eigenvalue weighted by Crippen LogP contribution is -2.16. The number of hydrogen-bond acceptors (Lipinski definition) is 7. The minimum absolute atomic E-state index is 0.0801. The number of sulfonamides is 1. The van der Waals surface area contributed by atoms with Crippen LogP contribution in [0.4, 0.5) is 18.9 Å². The van der Waals surface area contributed by atoms with Crippen LogP contribution in [0.15, 0.2) is 72.1 Å². The van der Waals surface area contributed by atoms with E-state index in [1.807, 2.05) is 18.8 Å². The number of hydrogen-bond donors (Lipinski definition) is 2. The molecule has 2 aromatic carbocycles. The van der Waals surface area contributed by atoms with E-state index in [1.165, 1.54) is 12.3 Å². The first-order chi connectivity index (χ1) is 20.0. The third-order valence-electron chi connectivity index (χ3n) is 6.49. The lowest BCUT2D eigenvalue weighted by molar-refractivity contribution is 0.103. The molecule has 0 saturated carbocycles. The highest BCUT2D eigenvalue weighted by molar-refractivity contribution is 7.92. The van der Waals surface area contributed by atoms with Crippen LogP contribution in [0.25, 0.3) is 22.2 Å². The lowest BCUT2D eigenvalue weighted by atomic mass is 10.0. The Morgan fingerprint density at radius 3 is 2.43 bits per heavy atom. The van der Waals surface area contributed by atoms with Gasteiger partial charge in [-0.1, -0.05) is 6.07 Å². The van der Waals surface area contributed by atoms with Gasteiger partial charge < -0.3 is 9.88 Å². The van der Waals surface area contributed by atoms with Crippen LogP contribution < -0.4 is 4.72 Å². The molecule has 0 saturated heterocycles. The molecule has 216 valence electrons. The molecule has 0 aliphatic heterocycles. The molecule has 3 heterocycles. The van der Waals surface area contributed by atoms with Crippen molar-refractivity contribution >= 4 is 32.5 Å². The molecule has 0 amide bonds. The van der Waals surface area contributed by atoms with Gasteiger partial charge in [0.25, 0.3) is 10.0 Å². The Kier molecular flexibility index (Phi) is 8.05. The molecule has 0 unspecified atom stereocenters. The highest BCUT2D eigenvalue weighted by atomic mass is 32.2. The topological polar surface area (TPSA) is 121 Å². The number of nitrogens with zero attached hydrogens (tertiary/aromatic N) is 4. The molecule has 5 aromatic rings. The first-order valence-corrected chi connectivity index (χ1v) is 14.3. The minimum Gasteiger partial charge on any atom is -0.345 e. The Morgan fingerprint density at radius 2 is 1.71 bits per heavy atom. The van der Waals surface area contributed by atoms with E-state index in [0.717, 1.165) is 43.3 Å². The van der Waals surface area contributed by atoms with Crippen LogP contribution >= 0.6 is 0 Å². The van der Waals surface area contributed by atoms with E-state index in [9.17, 15) is 22.0 Å². The number of fused-ring (bicyclic) bond motifs is 1. The maximum absolute atomic E-state index is 15.5. The van der Waals surface area contributed by atoms with Crippen LogP contribution in [-0.2, 0) is 16.4 Å². The van der Waals surface area contributed by atoms with Gasteiger partial charge in [0, 0.05) is 53.3 Å². The number of ketones is 1. The molecule has 0 atom stereocenters. The minimum atomic E-state index is -4.44. The standard InChI is InChI=1S/C29H25F3N6O3S/c1-38(2)10-4-7-25-33-14-18(15-34-25)17-11-21-22(16-36-29(21)35-13-17)28(39)26-23(31)8-9-24(27(26)32)37-42(40,41)20-6-3-5-19(30)12-20/h3,5-6,8-9,11-16,37H,4,7,10H2,1-2H3,(H,35,36). The third-order valence-corrected chi connectivity index (χ3v) is 7.85. The van der Waals surface area contributed by atoms with Crippen molar-refractivity contribution in [1.29, 1.82) is 0 Å². The summed E-state index contributed by atoms with van der Waals surface area (Å²) in [6, 6.07) is 7.32. The number of nitrogens with one attached hydrogen (secondary N) is 2. The molecule has 0 fully saturated rings. The van der Waals surface area contributed by atoms with E-state index in [0.29, 0.717) is 29.0 Å². The summed E-state index contributed by atoms with van der Waals surface area (Å²) in [7, 11) is -0.466. The summed E-state index contributed by atoms with van der Waals surface area (Å²) in [5.41, 5.74) is -0.215. The van der Waals surface area contributed by atoms with Crippen molar-refractivity contribution in [2.75, 3.05) is 25.4 Å². The number of halogens is 3. The lowest BCUT2D eigenvalue weighted by Gasteiger charge is -2.12. The number of rotatable bonds is 10. The van der Waals surface area contributed by atoms with Crippen molar-refractivity contribution in [2.45, 2.75) is 17.7 Å². The Bertz CT molecular complexity index is 1890. The van der Waals surface area contributed by atoms with Crippen LogP contribution in [0.3, 0.4) is 0 Å². The van der Waals surface area contributed by atoms with Crippen molar-refractivity contribution in [3.8, 4) is 11.1 Å². The zero-order valence-corrected chi connectivity index (χ0v) is 23.3. The van der Waals surface area contributed by atoms with Crippen LogP contribution in [-0.4, -0.2) is 59.7 Å². The predicted octanol–water partition coefficient (Wildman–Crippen LogP) is 4.96. The molecule has 0 aliphatic rings. The van der Waals surface area contributed by atoms with Gasteiger partial charge in [-0.3, -0.25) is 9.52 Å². The van der Waals surface area contributed by atoms with Crippen LogP contribution in [0.5, 0.6) is 0 Å². The average Bonchev–Trinajstić information content (AvgIpc) is 3.38. The molecular weight excluding hydrogens is 569 g/mol. The Labute approximate surface area is 239 Å². The number of aromatic amines is 1. The van der Waals surface area contributed by atoms with E-state index in [-0.39, 0.29) is 10.9 Å². The smallest absolute Gasteiger partial charge is 0.262 e. The van der Waals surface area contributed by atoms with Gasteiger partial charge in [0.1, 0.15) is 23.1 Å². The molecular formula is C29H25F3N6O3S. The number of benzene rings is 2. The number of pyridine rings is 1. The Balaban J connectivity index is 1.45. The zero-order chi connectivity index (χ0) is 30.0. The van der Waals surface area contributed by atoms with Crippen molar-refractivity contribution in [1.82, 2.24) is 24.8 Å². The summed E-state index contributed by atoms with van der Waals surface area (Å²) in [5, 5.41) is 0.289. The van der Waals surface area contributed by atoms with Gasteiger partial charge in [-0.2, -0.15) is 0 Å². The molecule has 0 radical (unpaired) electrons. The summed E-state index contributed by atoms with van der Waals surface area (Å²) in [5.74, 6) is -3.77. The van der Waals surface area contributed by atoms with Gasteiger partial charge in [0.05, 0.1) is 16.1 Å². The van der Waals surface area contributed by atoms with Crippen molar-refractivity contribution < 1.29 is 26.4 Å². The zero-order valence-electron chi connectivity index (χ0n) is 22.5. The first-order valence-electron chi connectivity index (χ1n) is 12.8. The number of H-pyrrole nitrogens is 1. The monoisotopic (exact) mass is 594 g/mol. The van der Waals surface area contributed by atoms with Crippen molar-refractivity contribution in [3.63, 3.8) is 0 Å². The molecule has 42 heavy (non-hydrogen) atoms. The van der Waals surface area contributed by atoms with E-state index < -0.39 is 49.4 Å². The summed E-state index contributed by atoms with van der Waals surface area (Å²) >= 11 is 0. The largest absolute Gasteiger partial charge is 0.345 e. The maximum atomic E-state index is 15.5. The fourth-order valence-electron chi connectivity index (χ4n) is 4.35. The van der Waals surface area contributed by atoms with Gasteiger partial charge in [-0.25, -0.2) is 36.5 Å². The molecule has 0 spiro atoms. The summed E-state index contributed by atoms with van der Waals surface area (Å²) in [6.45, 7) is 0.902. The maximum Gasteiger partial charge on any atom is 0.262 e. The second kappa shape index (κ2) is 11.7. The van der Waals surface area contributed by atoms with Crippen LogP contribution in [0, 0.1) is 17.5 Å². The summed E-state index contributed by atoms with van der Waals surface area (Å²) in [4.78, 5) is 31.0. The normalized spacial score (nSPS) is 11.8. The average molecular weight is 595 g/mol. The molecule has 0 bridgehead atoms. The third kappa shape index (κ3) is 6.02. The van der Waals surface area contributed by atoms with Gasteiger partial charge in [0.15, 0.2) is 5.82 Å². The van der Waals surface area contributed by atoms with Crippen molar-refractivity contribution in [2.24, 2.45) is 0 Å². The SMILES string of the molecule is CN(C)CCCc1ncc(-c2cnc3[nH]cc(C(=O)c4c(F)ccc(NS(=O)(=O)c5cccc(F)c5)c4F)c3c2)cn1. The Morgan fingerprint density at radius 1 is 0.976 bits per heavy atom. The second-order valence-electron chi connectivity index (χ2n) is 9.79. The van der Waals surface area contributed by atoms with E-state index in [4.69, 9.17) is 0 Å². The molecule has 2 N–H and O–H groups in total. The Hall–Kier alpha value is -4.62. The fourth-order valence-corrected chi connectivity index (χ4v) is 5.44.